The maximum absolute atomic E-state index is 12.0. The molecule has 0 bridgehead atoms. The zero-order valence-corrected chi connectivity index (χ0v) is 10.5. The van der Waals surface area contributed by atoms with Crippen molar-refractivity contribution in [2.75, 3.05) is 33.2 Å². The van der Waals surface area contributed by atoms with Gasteiger partial charge in [0.15, 0.2) is 0 Å². The van der Waals surface area contributed by atoms with Crippen molar-refractivity contribution in [2.45, 2.75) is 19.3 Å². The highest BCUT2D eigenvalue weighted by molar-refractivity contribution is 5.84. The number of carbonyl (C=O) groups is 3. The third-order valence-electron chi connectivity index (χ3n) is 2.74. The fraction of sp³-hybridized carbons (Fsp3) is 0.727. The number of carbonyl (C=O) groups excluding carboxylic acids is 2. The molecule has 0 saturated carbocycles. The summed E-state index contributed by atoms with van der Waals surface area (Å²) in [6, 6.07) is -0.225. The number of urea groups is 1. The van der Waals surface area contributed by atoms with Crippen molar-refractivity contribution < 1.29 is 19.5 Å². The highest BCUT2D eigenvalue weighted by Gasteiger charge is 2.22. The average molecular weight is 257 g/mol. The van der Waals surface area contributed by atoms with Gasteiger partial charge in [0.25, 0.3) is 0 Å². The topological polar surface area (TPSA) is 90.0 Å². The minimum Gasteiger partial charge on any atom is -0.481 e. The summed E-state index contributed by atoms with van der Waals surface area (Å²) in [5.41, 5.74) is 0. The van der Waals surface area contributed by atoms with Gasteiger partial charge >= 0.3 is 12.0 Å². The summed E-state index contributed by atoms with van der Waals surface area (Å²) < 4.78 is 0. The van der Waals surface area contributed by atoms with Crippen LogP contribution < -0.4 is 5.32 Å². The van der Waals surface area contributed by atoms with Crippen LogP contribution in [0.25, 0.3) is 0 Å². The van der Waals surface area contributed by atoms with Crippen molar-refractivity contribution in [3.63, 3.8) is 0 Å². The van der Waals surface area contributed by atoms with E-state index in [-0.39, 0.29) is 24.9 Å². The number of aliphatic carboxylic acids is 1. The first-order valence-corrected chi connectivity index (χ1v) is 5.99. The molecule has 0 spiro atoms. The summed E-state index contributed by atoms with van der Waals surface area (Å²) in [4.78, 5) is 36.6. The van der Waals surface area contributed by atoms with Gasteiger partial charge in [-0.25, -0.2) is 4.79 Å². The molecule has 0 aromatic rings. The van der Waals surface area contributed by atoms with Crippen molar-refractivity contribution in [1.29, 1.82) is 0 Å². The van der Waals surface area contributed by atoms with E-state index in [4.69, 9.17) is 5.11 Å². The summed E-state index contributed by atoms with van der Waals surface area (Å²) in [6.45, 7) is 1.58. The van der Waals surface area contributed by atoms with E-state index in [0.717, 1.165) is 6.42 Å². The minimum absolute atomic E-state index is 0.0398. The summed E-state index contributed by atoms with van der Waals surface area (Å²) >= 11 is 0. The van der Waals surface area contributed by atoms with Gasteiger partial charge in [0.05, 0.1) is 0 Å². The van der Waals surface area contributed by atoms with Crippen LogP contribution in [0.2, 0.25) is 0 Å². The molecule has 2 N–H and O–H groups in total. The number of rotatable bonds is 4. The quantitative estimate of drug-likeness (QED) is 0.725. The van der Waals surface area contributed by atoms with Crippen LogP contribution >= 0.6 is 0 Å². The molecule has 0 atom stereocenters. The Morgan fingerprint density at radius 3 is 2.89 bits per heavy atom. The number of nitrogens with one attached hydrogen (secondary N) is 1. The van der Waals surface area contributed by atoms with Crippen molar-refractivity contribution in [2.24, 2.45) is 0 Å². The van der Waals surface area contributed by atoms with E-state index in [1.807, 2.05) is 0 Å². The second kappa shape index (κ2) is 6.83. The van der Waals surface area contributed by atoms with Gasteiger partial charge in [-0.3, -0.25) is 9.59 Å². The lowest BCUT2D eigenvalue weighted by Crippen LogP contribution is -2.44. The zero-order chi connectivity index (χ0) is 13.5. The van der Waals surface area contributed by atoms with Crippen LogP contribution in [0.5, 0.6) is 0 Å². The van der Waals surface area contributed by atoms with Crippen LogP contribution in [-0.4, -0.2) is 66.0 Å². The smallest absolute Gasteiger partial charge is 0.320 e. The van der Waals surface area contributed by atoms with Gasteiger partial charge in [-0.1, -0.05) is 0 Å². The molecule has 0 radical (unpaired) electrons. The first-order chi connectivity index (χ1) is 8.50. The van der Waals surface area contributed by atoms with Gasteiger partial charge in [-0.05, 0) is 12.8 Å². The van der Waals surface area contributed by atoms with Crippen LogP contribution in [0.1, 0.15) is 19.3 Å². The SMILES string of the molecule is CN(CCCC(=O)O)C(=O)N1CCCNC(=O)C1. The third kappa shape index (κ3) is 4.60. The lowest BCUT2D eigenvalue weighted by atomic mass is 10.3. The zero-order valence-electron chi connectivity index (χ0n) is 10.5. The largest absolute Gasteiger partial charge is 0.481 e. The third-order valence-corrected chi connectivity index (χ3v) is 2.74. The Hall–Kier alpha value is -1.79. The number of carboxylic acids is 1. The molecule has 1 fully saturated rings. The molecule has 7 nitrogen and oxygen atoms in total. The van der Waals surface area contributed by atoms with E-state index in [9.17, 15) is 14.4 Å². The molecule has 1 aliphatic rings. The summed E-state index contributed by atoms with van der Waals surface area (Å²) in [5.74, 6) is -1.02. The lowest BCUT2D eigenvalue weighted by molar-refractivity contribution is -0.137. The second-order valence-electron chi connectivity index (χ2n) is 4.33. The maximum atomic E-state index is 12.0. The fourth-order valence-corrected chi connectivity index (χ4v) is 1.77. The van der Waals surface area contributed by atoms with Gasteiger partial charge in [0.1, 0.15) is 6.54 Å². The molecule has 0 aromatic heterocycles. The van der Waals surface area contributed by atoms with Gasteiger partial charge in [-0.15, -0.1) is 0 Å². The Labute approximate surface area is 106 Å². The highest BCUT2D eigenvalue weighted by Crippen LogP contribution is 2.03. The predicted octanol–water partition coefficient (Wildman–Crippen LogP) is -0.275. The number of amides is 3. The summed E-state index contributed by atoms with van der Waals surface area (Å²) in [5, 5.41) is 11.2. The number of nitrogens with zero attached hydrogens (tertiary/aromatic N) is 2. The van der Waals surface area contributed by atoms with Gasteiger partial charge in [0.2, 0.25) is 5.91 Å². The summed E-state index contributed by atoms with van der Waals surface area (Å²) in [6.07, 6.45) is 1.19. The van der Waals surface area contributed by atoms with Crippen LogP contribution in [-0.2, 0) is 9.59 Å². The summed E-state index contributed by atoms with van der Waals surface area (Å²) in [7, 11) is 1.62. The molecule has 18 heavy (non-hydrogen) atoms. The molecule has 1 aliphatic heterocycles. The molecule has 0 aliphatic carbocycles. The van der Waals surface area contributed by atoms with Gasteiger partial charge in [-0.2, -0.15) is 0 Å². The highest BCUT2D eigenvalue weighted by atomic mass is 16.4. The van der Waals surface area contributed by atoms with E-state index < -0.39 is 5.97 Å². The van der Waals surface area contributed by atoms with E-state index in [1.165, 1.54) is 9.80 Å². The van der Waals surface area contributed by atoms with Crippen LogP contribution in [0.15, 0.2) is 0 Å². The van der Waals surface area contributed by atoms with Crippen molar-refractivity contribution in [3.05, 3.63) is 0 Å². The van der Waals surface area contributed by atoms with Crippen molar-refractivity contribution in [1.82, 2.24) is 15.1 Å². The van der Waals surface area contributed by atoms with Crippen molar-refractivity contribution >= 4 is 17.9 Å². The van der Waals surface area contributed by atoms with Crippen molar-refractivity contribution in [3.8, 4) is 0 Å². The Morgan fingerprint density at radius 2 is 2.22 bits per heavy atom. The Bertz CT molecular complexity index is 332. The molecule has 3 amide bonds. The van der Waals surface area contributed by atoms with E-state index in [1.54, 1.807) is 7.05 Å². The molecule has 1 heterocycles. The fourth-order valence-electron chi connectivity index (χ4n) is 1.77. The molecule has 102 valence electrons. The number of carboxylic acid groups (broad SMARTS) is 1. The monoisotopic (exact) mass is 257 g/mol. The minimum atomic E-state index is -0.870. The molecule has 1 saturated heterocycles. The number of hydrogen-bond acceptors (Lipinski definition) is 3. The Balaban J connectivity index is 2.41. The first kappa shape index (κ1) is 14.3. The predicted molar refractivity (Wildman–Crippen MR) is 64.1 cm³/mol. The molecule has 0 aromatic carbocycles. The van der Waals surface area contributed by atoms with Gasteiger partial charge in [0, 0.05) is 33.1 Å². The Morgan fingerprint density at radius 1 is 1.50 bits per heavy atom. The normalized spacial score (nSPS) is 15.8. The van der Waals surface area contributed by atoms with E-state index >= 15 is 0 Å². The standard InChI is InChI=1S/C11H19N3O4/c1-13(6-2-4-10(16)17)11(18)14-7-3-5-12-9(15)8-14/h2-8H2,1H3,(H,12,15)(H,16,17). The maximum Gasteiger partial charge on any atom is 0.320 e. The van der Waals surface area contributed by atoms with Crippen LogP contribution in [0, 0.1) is 0 Å². The van der Waals surface area contributed by atoms with Gasteiger partial charge < -0.3 is 20.2 Å². The molecular formula is C11H19N3O4. The first-order valence-electron chi connectivity index (χ1n) is 5.99. The second-order valence-corrected chi connectivity index (χ2v) is 4.33. The van der Waals surface area contributed by atoms with E-state index in [0.29, 0.717) is 26.1 Å². The molecule has 7 heteroatoms. The van der Waals surface area contributed by atoms with Crippen LogP contribution in [0.4, 0.5) is 4.79 Å². The Kier molecular flexibility index (Phi) is 5.41. The molecule has 0 unspecified atom stereocenters. The molecular weight excluding hydrogens is 238 g/mol. The lowest BCUT2D eigenvalue weighted by Gasteiger charge is -2.26. The van der Waals surface area contributed by atoms with E-state index in [2.05, 4.69) is 5.32 Å². The van der Waals surface area contributed by atoms with Crippen LogP contribution in [0.3, 0.4) is 0 Å². The molecule has 1 rings (SSSR count). The number of hydrogen-bond donors (Lipinski definition) is 2. The average Bonchev–Trinajstić information content (AvgIpc) is 2.52.